The maximum absolute atomic E-state index is 13.1. The first-order chi connectivity index (χ1) is 16.6. The van der Waals surface area contributed by atoms with Crippen LogP contribution in [0.25, 0.3) is 0 Å². The third-order valence-corrected chi connectivity index (χ3v) is 7.61. The van der Waals surface area contributed by atoms with E-state index in [1.807, 2.05) is 23.1 Å². The van der Waals surface area contributed by atoms with Crippen molar-refractivity contribution in [3.05, 3.63) is 60.3 Å². The molecule has 8 heteroatoms. The van der Waals surface area contributed by atoms with Gasteiger partial charge in [-0.3, -0.25) is 0 Å². The molecule has 2 aromatic rings. The third kappa shape index (κ3) is 4.49. The molecule has 1 aromatic heterocycles. The molecular formula is C26H34N4O4. The number of methoxy groups -OCH3 is 1. The summed E-state index contributed by atoms with van der Waals surface area (Å²) < 4.78 is 16.9. The molecule has 0 radical (unpaired) electrons. The van der Waals surface area contributed by atoms with Crippen LogP contribution in [0.4, 0.5) is 4.79 Å². The number of benzene rings is 1. The lowest BCUT2D eigenvalue weighted by Crippen LogP contribution is -2.43. The molecule has 1 aliphatic heterocycles. The zero-order chi connectivity index (χ0) is 23.6. The SMILES string of the molecule is C=CCOC(=O)N(CC1(c2noc(C3(COC)CCNCC3)n2)CC1)[C@@H]1C[C@H]1c1ccccc1. The van der Waals surface area contributed by atoms with Gasteiger partial charge in [-0.25, -0.2) is 4.79 Å². The summed E-state index contributed by atoms with van der Waals surface area (Å²) in [6.07, 6.45) is 5.90. The molecule has 1 N–H and O–H groups in total. The van der Waals surface area contributed by atoms with Gasteiger partial charge in [0.25, 0.3) is 0 Å². The van der Waals surface area contributed by atoms with Crippen molar-refractivity contribution in [3.8, 4) is 0 Å². The maximum atomic E-state index is 13.1. The van der Waals surface area contributed by atoms with Crippen LogP contribution in [0.1, 0.15) is 55.3 Å². The Kier molecular flexibility index (Phi) is 6.44. The number of carbonyl (C=O) groups is 1. The van der Waals surface area contributed by atoms with E-state index in [1.165, 1.54) is 5.56 Å². The number of ether oxygens (including phenoxy) is 2. The van der Waals surface area contributed by atoms with Gasteiger partial charge < -0.3 is 24.2 Å². The first-order valence-electron chi connectivity index (χ1n) is 12.2. The molecule has 182 valence electrons. The lowest BCUT2D eigenvalue weighted by atomic mass is 9.79. The predicted octanol–water partition coefficient (Wildman–Crippen LogP) is 3.55. The zero-order valence-corrected chi connectivity index (χ0v) is 19.9. The van der Waals surface area contributed by atoms with Crippen molar-refractivity contribution >= 4 is 6.09 Å². The Morgan fingerprint density at radius 1 is 1.24 bits per heavy atom. The van der Waals surface area contributed by atoms with Crippen molar-refractivity contribution in [3.63, 3.8) is 0 Å². The molecule has 34 heavy (non-hydrogen) atoms. The lowest BCUT2D eigenvalue weighted by Gasteiger charge is -2.33. The summed E-state index contributed by atoms with van der Waals surface area (Å²) in [4.78, 5) is 19.9. The number of amides is 1. The largest absolute Gasteiger partial charge is 0.445 e. The summed E-state index contributed by atoms with van der Waals surface area (Å²) in [7, 11) is 1.72. The second kappa shape index (κ2) is 9.50. The standard InChI is InChI=1S/C26H34N4O4/c1-3-15-33-24(31)30(21-16-20(21)19-7-5-4-6-8-19)17-25(9-10-25)22-28-23(34-29-22)26(18-32-2)11-13-27-14-12-26/h3-8,20-21,27H,1,9-18H2,2H3/t20-,21+/m0/s1. The smallest absolute Gasteiger partial charge is 0.410 e. The maximum Gasteiger partial charge on any atom is 0.410 e. The summed E-state index contributed by atoms with van der Waals surface area (Å²) in [6.45, 7) is 6.77. The van der Waals surface area contributed by atoms with E-state index >= 15 is 0 Å². The summed E-state index contributed by atoms with van der Waals surface area (Å²) >= 11 is 0. The molecule has 0 bridgehead atoms. The normalized spacial score (nSPS) is 24.3. The molecule has 5 rings (SSSR count). The van der Waals surface area contributed by atoms with Gasteiger partial charge in [0.15, 0.2) is 5.82 Å². The molecule has 2 saturated carbocycles. The van der Waals surface area contributed by atoms with E-state index in [0.29, 0.717) is 30.8 Å². The van der Waals surface area contributed by atoms with Gasteiger partial charge in [0.1, 0.15) is 6.61 Å². The van der Waals surface area contributed by atoms with Crippen LogP contribution in [0.3, 0.4) is 0 Å². The van der Waals surface area contributed by atoms with E-state index in [9.17, 15) is 4.79 Å². The first kappa shape index (κ1) is 23.1. The highest BCUT2D eigenvalue weighted by Crippen LogP contribution is 2.52. The number of carbonyl (C=O) groups excluding carboxylic acids is 1. The molecule has 8 nitrogen and oxygen atoms in total. The highest BCUT2D eigenvalue weighted by atomic mass is 16.6. The topological polar surface area (TPSA) is 89.7 Å². The number of aromatic nitrogens is 2. The van der Waals surface area contributed by atoms with Crippen molar-refractivity contribution < 1.29 is 18.8 Å². The van der Waals surface area contributed by atoms with Gasteiger partial charge in [0, 0.05) is 25.6 Å². The second-order valence-electron chi connectivity index (χ2n) is 9.98. The number of piperidine rings is 1. The van der Waals surface area contributed by atoms with Gasteiger partial charge in [-0.1, -0.05) is 48.1 Å². The number of hydrogen-bond donors (Lipinski definition) is 1. The fraction of sp³-hybridized carbons (Fsp3) is 0.577. The third-order valence-electron chi connectivity index (χ3n) is 7.61. The molecule has 0 spiro atoms. The van der Waals surface area contributed by atoms with Crippen molar-refractivity contribution in [2.75, 3.05) is 40.0 Å². The summed E-state index contributed by atoms with van der Waals surface area (Å²) in [5.74, 6) is 1.69. The zero-order valence-electron chi connectivity index (χ0n) is 19.9. The van der Waals surface area contributed by atoms with Gasteiger partial charge in [0.2, 0.25) is 5.89 Å². The molecule has 3 fully saturated rings. The average Bonchev–Trinajstić information content (AvgIpc) is 3.78. The van der Waals surface area contributed by atoms with E-state index < -0.39 is 0 Å². The Morgan fingerprint density at radius 2 is 2.00 bits per heavy atom. The Labute approximate surface area is 200 Å². The van der Waals surface area contributed by atoms with Crippen LogP contribution in [-0.4, -0.2) is 67.1 Å². The van der Waals surface area contributed by atoms with Gasteiger partial charge >= 0.3 is 6.09 Å². The molecule has 2 aliphatic carbocycles. The average molecular weight is 467 g/mol. The van der Waals surface area contributed by atoms with Crippen LogP contribution in [0.15, 0.2) is 47.5 Å². The quantitative estimate of drug-likeness (QED) is 0.536. The Morgan fingerprint density at radius 3 is 2.68 bits per heavy atom. The summed E-state index contributed by atoms with van der Waals surface area (Å²) in [5, 5.41) is 7.83. The number of nitrogens with one attached hydrogen (secondary N) is 1. The van der Waals surface area contributed by atoms with Crippen molar-refractivity contribution in [1.82, 2.24) is 20.4 Å². The first-order valence-corrected chi connectivity index (χ1v) is 12.2. The van der Waals surface area contributed by atoms with Crippen LogP contribution < -0.4 is 5.32 Å². The Balaban J connectivity index is 1.35. The van der Waals surface area contributed by atoms with Crippen LogP contribution in [0.2, 0.25) is 0 Å². The molecule has 2 heterocycles. The fourth-order valence-electron chi connectivity index (χ4n) is 5.30. The molecule has 2 atom stereocenters. The predicted molar refractivity (Wildman–Crippen MR) is 127 cm³/mol. The van der Waals surface area contributed by atoms with Gasteiger partial charge in [-0.05, 0) is 50.8 Å². The van der Waals surface area contributed by atoms with Gasteiger partial charge in [-0.2, -0.15) is 4.98 Å². The van der Waals surface area contributed by atoms with Gasteiger partial charge in [0.05, 0.1) is 17.4 Å². The van der Waals surface area contributed by atoms with Crippen molar-refractivity contribution in [2.24, 2.45) is 0 Å². The number of hydrogen-bond acceptors (Lipinski definition) is 7. The number of rotatable bonds is 10. The second-order valence-corrected chi connectivity index (χ2v) is 9.98. The van der Waals surface area contributed by atoms with Crippen molar-refractivity contribution in [2.45, 2.75) is 54.9 Å². The van der Waals surface area contributed by atoms with E-state index in [1.54, 1.807) is 13.2 Å². The minimum absolute atomic E-state index is 0.118. The molecular weight excluding hydrogens is 432 g/mol. The molecule has 1 amide bonds. The van der Waals surface area contributed by atoms with Crippen molar-refractivity contribution in [1.29, 1.82) is 0 Å². The number of nitrogens with zero attached hydrogens (tertiary/aromatic N) is 3. The Bertz CT molecular complexity index is 992. The summed E-state index contributed by atoms with van der Waals surface area (Å²) in [5.41, 5.74) is 0.729. The minimum atomic E-state index is -0.299. The molecule has 0 unspecified atom stereocenters. The van der Waals surface area contributed by atoms with Gasteiger partial charge in [-0.15, -0.1) is 0 Å². The molecule has 3 aliphatic rings. The fourth-order valence-corrected chi connectivity index (χ4v) is 5.30. The Hall–Kier alpha value is -2.71. The van der Waals surface area contributed by atoms with E-state index in [2.05, 4.69) is 29.2 Å². The highest BCUT2D eigenvalue weighted by Gasteiger charge is 2.55. The van der Waals surface area contributed by atoms with Crippen LogP contribution in [0.5, 0.6) is 0 Å². The molecule has 1 saturated heterocycles. The minimum Gasteiger partial charge on any atom is -0.445 e. The van der Waals surface area contributed by atoms with Crippen LogP contribution >= 0.6 is 0 Å². The van der Waals surface area contributed by atoms with E-state index in [4.69, 9.17) is 19.0 Å². The van der Waals surface area contributed by atoms with Crippen LogP contribution in [0, 0.1) is 0 Å². The highest BCUT2D eigenvalue weighted by molar-refractivity contribution is 5.69. The molecule has 1 aromatic carbocycles. The lowest BCUT2D eigenvalue weighted by molar-refractivity contribution is 0.0849. The summed E-state index contributed by atoms with van der Waals surface area (Å²) in [6, 6.07) is 10.5. The monoisotopic (exact) mass is 466 g/mol. The van der Waals surface area contributed by atoms with Crippen LogP contribution in [-0.2, 0) is 20.3 Å². The van der Waals surface area contributed by atoms with E-state index in [0.717, 1.165) is 45.2 Å². The van der Waals surface area contributed by atoms with E-state index in [-0.39, 0.29) is 29.6 Å².